The molecule has 0 bridgehead atoms. The van der Waals surface area contributed by atoms with Crippen LogP contribution in [0.2, 0.25) is 0 Å². The van der Waals surface area contributed by atoms with Crippen molar-refractivity contribution in [2.75, 3.05) is 0 Å². The van der Waals surface area contributed by atoms with Crippen LogP contribution in [0.15, 0.2) is 27.1 Å². The molecule has 1 aromatic carbocycles. The minimum Gasteiger partial charge on any atom is -0.740 e. The third-order valence-electron chi connectivity index (χ3n) is 1.00. The molecular formula is C6H3Br2O3S-. The molecule has 0 aliphatic carbocycles. The molecule has 0 saturated heterocycles. The zero-order valence-corrected chi connectivity index (χ0v) is 9.61. The van der Waals surface area contributed by atoms with Gasteiger partial charge in [0.15, 0.2) is 0 Å². The maximum absolute atomic E-state index is 10.1. The van der Waals surface area contributed by atoms with Crippen LogP contribution in [0.1, 0.15) is 0 Å². The van der Waals surface area contributed by atoms with Crippen molar-refractivity contribution in [3.63, 3.8) is 0 Å². The van der Waals surface area contributed by atoms with E-state index in [4.69, 9.17) is 0 Å². The summed E-state index contributed by atoms with van der Waals surface area (Å²) in [7, 11) is 0. The first kappa shape index (κ1) is 10.2. The molecule has 0 fully saturated rings. The predicted octanol–water partition coefficient (Wildman–Crippen LogP) is 2.38. The van der Waals surface area contributed by atoms with E-state index in [2.05, 4.69) is 36.0 Å². The molecule has 1 unspecified atom stereocenters. The Morgan fingerprint density at radius 1 is 1.25 bits per heavy atom. The van der Waals surface area contributed by atoms with E-state index in [1.54, 1.807) is 18.2 Å². The van der Waals surface area contributed by atoms with E-state index in [0.717, 1.165) is 8.95 Å². The fourth-order valence-corrected chi connectivity index (χ4v) is 2.16. The smallest absolute Gasteiger partial charge is 0.141 e. The highest BCUT2D eigenvalue weighted by atomic mass is 79.9. The van der Waals surface area contributed by atoms with Gasteiger partial charge in [0.05, 0.1) is 0 Å². The number of benzene rings is 1. The normalized spacial score (nSPS) is 12.6. The standard InChI is InChI=1S/C6H4Br2O3S/c7-4-1-5(8)3-6(2-4)11-12(9)10/h1-3H,(H,9,10)/p-1. The molecule has 66 valence electrons. The molecule has 0 aromatic heterocycles. The fourth-order valence-electron chi connectivity index (χ4n) is 0.655. The van der Waals surface area contributed by atoms with Crippen molar-refractivity contribution in [3.8, 4) is 5.75 Å². The minimum absolute atomic E-state index is 0.268. The van der Waals surface area contributed by atoms with E-state index in [0.29, 0.717) is 0 Å². The molecule has 0 aliphatic heterocycles. The van der Waals surface area contributed by atoms with Gasteiger partial charge in [0, 0.05) is 8.95 Å². The van der Waals surface area contributed by atoms with Crippen molar-refractivity contribution in [1.82, 2.24) is 0 Å². The number of hydrogen-bond donors (Lipinski definition) is 0. The lowest BCUT2D eigenvalue weighted by atomic mass is 10.3. The molecule has 0 aliphatic rings. The molecule has 0 heterocycles. The second-order valence-electron chi connectivity index (χ2n) is 1.89. The molecule has 0 amide bonds. The summed E-state index contributed by atoms with van der Waals surface area (Å²) in [4.78, 5) is 0. The average Bonchev–Trinajstić information content (AvgIpc) is 1.81. The summed E-state index contributed by atoms with van der Waals surface area (Å²) in [5.41, 5.74) is 0. The summed E-state index contributed by atoms with van der Waals surface area (Å²) in [5.74, 6) is 0.268. The summed E-state index contributed by atoms with van der Waals surface area (Å²) in [5, 5.41) is 0. The molecule has 0 radical (unpaired) electrons. The van der Waals surface area contributed by atoms with Crippen molar-refractivity contribution in [2.24, 2.45) is 0 Å². The van der Waals surface area contributed by atoms with Gasteiger partial charge in [0.25, 0.3) is 0 Å². The van der Waals surface area contributed by atoms with Crippen LogP contribution in [0, 0.1) is 0 Å². The van der Waals surface area contributed by atoms with E-state index in [1.807, 2.05) is 0 Å². The highest BCUT2D eigenvalue weighted by molar-refractivity contribution is 9.11. The summed E-state index contributed by atoms with van der Waals surface area (Å²) in [6.07, 6.45) is 0. The molecule has 12 heavy (non-hydrogen) atoms. The molecule has 0 spiro atoms. The van der Waals surface area contributed by atoms with Crippen LogP contribution in [0.4, 0.5) is 0 Å². The molecule has 1 aromatic rings. The van der Waals surface area contributed by atoms with Crippen molar-refractivity contribution in [2.45, 2.75) is 0 Å². The largest absolute Gasteiger partial charge is 0.740 e. The van der Waals surface area contributed by atoms with Gasteiger partial charge in [0.1, 0.15) is 17.1 Å². The predicted molar refractivity (Wildman–Crippen MR) is 51.4 cm³/mol. The molecule has 0 saturated carbocycles. The zero-order chi connectivity index (χ0) is 9.14. The third-order valence-corrected chi connectivity index (χ3v) is 2.24. The summed E-state index contributed by atoms with van der Waals surface area (Å²) in [6.45, 7) is 0. The van der Waals surface area contributed by atoms with Crippen LogP contribution in [0.5, 0.6) is 5.75 Å². The molecule has 6 heteroatoms. The van der Waals surface area contributed by atoms with Crippen LogP contribution in [0.25, 0.3) is 0 Å². The molecule has 1 atom stereocenters. The first-order valence-electron chi connectivity index (χ1n) is 2.81. The molecular weight excluding hydrogens is 312 g/mol. The van der Waals surface area contributed by atoms with Crippen molar-refractivity contribution >= 4 is 43.2 Å². The summed E-state index contributed by atoms with van der Waals surface area (Å²) in [6, 6.07) is 4.89. The van der Waals surface area contributed by atoms with Crippen LogP contribution < -0.4 is 4.18 Å². The Hall–Kier alpha value is 0.0900. The van der Waals surface area contributed by atoms with Gasteiger partial charge in [-0.1, -0.05) is 31.9 Å². The van der Waals surface area contributed by atoms with Gasteiger partial charge in [0.2, 0.25) is 0 Å². The van der Waals surface area contributed by atoms with Gasteiger partial charge >= 0.3 is 0 Å². The Morgan fingerprint density at radius 3 is 2.17 bits per heavy atom. The Bertz CT molecular complexity index is 295. The van der Waals surface area contributed by atoms with Crippen LogP contribution in [0.3, 0.4) is 0 Å². The molecule has 1 rings (SSSR count). The number of hydrogen-bond acceptors (Lipinski definition) is 3. The van der Waals surface area contributed by atoms with Crippen LogP contribution in [-0.4, -0.2) is 8.76 Å². The Labute approximate surface area is 88.9 Å². The van der Waals surface area contributed by atoms with Gasteiger partial charge in [-0.15, -0.1) is 0 Å². The van der Waals surface area contributed by atoms with E-state index in [1.165, 1.54) is 0 Å². The Kier molecular flexibility index (Phi) is 3.70. The summed E-state index contributed by atoms with van der Waals surface area (Å²) >= 11 is 3.86. The van der Waals surface area contributed by atoms with Gasteiger partial charge in [-0.3, -0.25) is 0 Å². The van der Waals surface area contributed by atoms with Crippen molar-refractivity contribution in [3.05, 3.63) is 27.1 Å². The molecule has 3 nitrogen and oxygen atoms in total. The van der Waals surface area contributed by atoms with E-state index in [9.17, 15) is 8.76 Å². The van der Waals surface area contributed by atoms with Crippen LogP contribution >= 0.6 is 31.9 Å². The number of halogens is 2. The van der Waals surface area contributed by atoms with Crippen molar-refractivity contribution in [1.29, 1.82) is 0 Å². The highest BCUT2D eigenvalue weighted by Crippen LogP contribution is 2.25. The Balaban J connectivity index is 2.93. The fraction of sp³-hybridized carbons (Fsp3) is 0. The first-order chi connectivity index (χ1) is 5.58. The quantitative estimate of drug-likeness (QED) is 0.788. The van der Waals surface area contributed by atoms with E-state index in [-0.39, 0.29) is 5.75 Å². The van der Waals surface area contributed by atoms with Gasteiger partial charge in [-0.25, -0.2) is 4.21 Å². The topological polar surface area (TPSA) is 49.4 Å². The second-order valence-corrected chi connectivity index (χ2v) is 4.30. The Morgan fingerprint density at radius 2 is 1.75 bits per heavy atom. The maximum Gasteiger partial charge on any atom is 0.141 e. The zero-order valence-electron chi connectivity index (χ0n) is 5.62. The van der Waals surface area contributed by atoms with E-state index < -0.39 is 11.4 Å². The van der Waals surface area contributed by atoms with Gasteiger partial charge in [-0.2, -0.15) is 0 Å². The lowest BCUT2D eigenvalue weighted by molar-refractivity contribution is 0.440. The monoisotopic (exact) mass is 313 g/mol. The third kappa shape index (κ3) is 3.22. The molecule has 0 N–H and O–H groups in total. The average molecular weight is 315 g/mol. The second kappa shape index (κ2) is 4.36. The lowest BCUT2D eigenvalue weighted by Crippen LogP contribution is -1.97. The van der Waals surface area contributed by atoms with Gasteiger partial charge in [-0.05, 0) is 18.2 Å². The SMILES string of the molecule is O=S([O-])Oc1cc(Br)cc(Br)c1. The van der Waals surface area contributed by atoms with E-state index >= 15 is 0 Å². The first-order valence-corrected chi connectivity index (χ1v) is 5.40. The lowest BCUT2D eigenvalue weighted by Gasteiger charge is -2.07. The van der Waals surface area contributed by atoms with Crippen LogP contribution in [-0.2, 0) is 11.4 Å². The van der Waals surface area contributed by atoms with Gasteiger partial charge < -0.3 is 8.74 Å². The van der Waals surface area contributed by atoms with Crippen molar-refractivity contribution < 1.29 is 12.9 Å². The highest BCUT2D eigenvalue weighted by Gasteiger charge is 1.97. The minimum atomic E-state index is -2.52. The summed E-state index contributed by atoms with van der Waals surface area (Å²) < 4.78 is 26.2. The number of rotatable bonds is 2. The maximum atomic E-state index is 10.1.